The van der Waals surface area contributed by atoms with E-state index in [4.69, 9.17) is 18.9 Å². The van der Waals surface area contributed by atoms with Crippen molar-refractivity contribution in [2.75, 3.05) is 26.4 Å². The van der Waals surface area contributed by atoms with Crippen molar-refractivity contribution in [2.24, 2.45) is 0 Å². The summed E-state index contributed by atoms with van der Waals surface area (Å²) in [6, 6.07) is 0. The number of ether oxygens (including phenoxy) is 4. The Morgan fingerprint density at radius 1 is 1.04 bits per heavy atom. The standard InChI is InChI=1S/C17H35NO6/c1-4-7-16(18-15(20)6-3)22-9-13(19)10-23-17(8-5-2)24-12-14-11-21-14/h13-20H,4-12H2,1-3H3. The van der Waals surface area contributed by atoms with E-state index in [-0.39, 0.29) is 31.8 Å². The summed E-state index contributed by atoms with van der Waals surface area (Å²) in [6.07, 6.45) is 2.32. The van der Waals surface area contributed by atoms with Gasteiger partial charge in [0.2, 0.25) is 0 Å². The minimum Gasteiger partial charge on any atom is -0.388 e. The molecule has 5 unspecified atom stereocenters. The summed E-state index contributed by atoms with van der Waals surface area (Å²) in [5.41, 5.74) is 0. The van der Waals surface area contributed by atoms with E-state index in [1.807, 2.05) is 13.8 Å². The summed E-state index contributed by atoms with van der Waals surface area (Å²) >= 11 is 0. The fourth-order valence-electron chi connectivity index (χ4n) is 2.13. The third-order valence-electron chi connectivity index (χ3n) is 3.67. The van der Waals surface area contributed by atoms with Crippen LogP contribution in [0.25, 0.3) is 0 Å². The lowest BCUT2D eigenvalue weighted by Gasteiger charge is -2.24. The third-order valence-corrected chi connectivity index (χ3v) is 3.67. The van der Waals surface area contributed by atoms with Gasteiger partial charge in [-0.15, -0.1) is 0 Å². The topological polar surface area (TPSA) is 92.7 Å². The van der Waals surface area contributed by atoms with Crippen molar-refractivity contribution in [1.29, 1.82) is 0 Å². The van der Waals surface area contributed by atoms with Gasteiger partial charge in [0.05, 0.1) is 26.4 Å². The average Bonchev–Trinajstić information content (AvgIpc) is 3.39. The van der Waals surface area contributed by atoms with Crippen molar-refractivity contribution in [3.8, 4) is 0 Å². The number of epoxide rings is 1. The second-order valence-electron chi connectivity index (χ2n) is 6.20. The number of rotatable bonds is 16. The van der Waals surface area contributed by atoms with Crippen LogP contribution in [-0.4, -0.2) is 67.6 Å². The van der Waals surface area contributed by atoms with E-state index in [2.05, 4.69) is 12.2 Å². The lowest BCUT2D eigenvalue weighted by atomic mass is 10.3. The maximum absolute atomic E-state index is 10.0. The predicted octanol–water partition coefficient (Wildman–Crippen LogP) is 1.37. The van der Waals surface area contributed by atoms with Crippen molar-refractivity contribution < 1.29 is 29.2 Å². The van der Waals surface area contributed by atoms with Crippen LogP contribution in [-0.2, 0) is 18.9 Å². The molecule has 1 rings (SSSR count). The van der Waals surface area contributed by atoms with Crippen LogP contribution in [0.4, 0.5) is 0 Å². The first-order chi connectivity index (χ1) is 11.6. The van der Waals surface area contributed by atoms with Crippen LogP contribution >= 0.6 is 0 Å². The number of hydrogen-bond donors (Lipinski definition) is 3. The molecule has 0 saturated carbocycles. The largest absolute Gasteiger partial charge is 0.388 e. The summed E-state index contributed by atoms with van der Waals surface area (Å²) in [4.78, 5) is 0. The molecule has 3 N–H and O–H groups in total. The first-order valence-electron chi connectivity index (χ1n) is 9.17. The van der Waals surface area contributed by atoms with Crippen molar-refractivity contribution in [3.63, 3.8) is 0 Å². The molecule has 0 aliphatic carbocycles. The van der Waals surface area contributed by atoms with E-state index in [0.29, 0.717) is 13.0 Å². The molecular formula is C17H35NO6. The van der Waals surface area contributed by atoms with Gasteiger partial charge in [0, 0.05) is 0 Å². The van der Waals surface area contributed by atoms with Crippen molar-refractivity contribution in [1.82, 2.24) is 5.32 Å². The van der Waals surface area contributed by atoms with Crippen LogP contribution in [0, 0.1) is 0 Å². The zero-order chi connectivity index (χ0) is 17.8. The zero-order valence-electron chi connectivity index (χ0n) is 15.3. The van der Waals surface area contributed by atoms with Gasteiger partial charge < -0.3 is 29.2 Å². The molecule has 0 aromatic carbocycles. The molecule has 0 radical (unpaired) electrons. The quantitative estimate of drug-likeness (QED) is 0.286. The summed E-state index contributed by atoms with van der Waals surface area (Å²) in [5, 5.41) is 22.7. The number of aliphatic hydroxyl groups is 2. The molecule has 0 amide bonds. The van der Waals surface area contributed by atoms with E-state index in [0.717, 1.165) is 32.3 Å². The Labute approximate surface area is 145 Å². The van der Waals surface area contributed by atoms with Gasteiger partial charge in [-0.1, -0.05) is 33.6 Å². The lowest BCUT2D eigenvalue weighted by Crippen LogP contribution is -2.41. The van der Waals surface area contributed by atoms with Gasteiger partial charge in [0.15, 0.2) is 6.29 Å². The van der Waals surface area contributed by atoms with Crippen LogP contribution in [0.5, 0.6) is 0 Å². The van der Waals surface area contributed by atoms with Crippen molar-refractivity contribution in [3.05, 3.63) is 0 Å². The monoisotopic (exact) mass is 349 g/mol. The Kier molecular flexibility index (Phi) is 11.8. The van der Waals surface area contributed by atoms with Gasteiger partial charge in [0.25, 0.3) is 0 Å². The van der Waals surface area contributed by atoms with Gasteiger partial charge in [-0.3, -0.25) is 5.32 Å². The summed E-state index contributed by atoms with van der Waals surface area (Å²) < 4.78 is 22.1. The molecule has 1 aliphatic heterocycles. The maximum Gasteiger partial charge on any atom is 0.157 e. The van der Waals surface area contributed by atoms with E-state index in [9.17, 15) is 10.2 Å². The van der Waals surface area contributed by atoms with Crippen molar-refractivity contribution >= 4 is 0 Å². The van der Waals surface area contributed by atoms with Crippen molar-refractivity contribution in [2.45, 2.75) is 83.8 Å². The molecule has 1 heterocycles. The minimum atomic E-state index is -0.731. The molecule has 0 aromatic heterocycles. The highest BCUT2D eigenvalue weighted by molar-refractivity contribution is 4.68. The molecule has 1 saturated heterocycles. The molecule has 7 nitrogen and oxygen atoms in total. The second kappa shape index (κ2) is 13.0. The average molecular weight is 349 g/mol. The first kappa shape index (κ1) is 21.8. The van der Waals surface area contributed by atoms with Gasteiger partial charge in [-0.25, -0.2) is 0 Å². The smallest absolute Gasteiger partial charge is 0.157 e. The molecule has 0 aromatic rings. The van der Waals surface area contributed by atoms with Crippen LogP contribution < -0.4 is 5.32 Å². The summed E-state index contributed by atoms with van der Waals surface area (Å²) in [6.45, 7) is 7.60. The van der Waals surface area contributed by atoms with Crippen LogP contribution in [0.1, 0.15) is 52.9 Å². The number of aliphatic hydroxyl groups excluding tert-OH is 2. The fraction of sp³-hybridized carbons (Fsp3) is 1.00. The predicted molar refractivity (Wildman–Crippen MR) is 90.4 cm³/mol. The Balaban J connectivity index is 2.21. The Hall–Kier alpha value is -0.280. The van der Waals surface area contributed by atoms with Crippen LogP contribution in [0.3, 0.4) is 0 Å². The van der Waals surface area contributed by atoms with E-state index in [1.54, 1.807) is 0 Å². The molecule has 0 spiro atoms. The summed E-state index contributed by atoms with van der Waals surface area (Å²) in [5.74, 6) is 0. The highest BCUT2D eigenvalue weighted by Crippen LogP contribution is 2.13. The molecule has 1 aliphatic rings. The molecule has 5 atom stereocenters. The molecule has 7 heteroatoms. The molecular weight excluding hydrogens is 314 g/mol. The molecule has 24 heavy (non-hydrogen) atoms. The lowest BCUT2D eigenvalue weighted by molar-refractivity contribution is -0.170. The second-order valence-corrected chi connectivity index (χ2v) is 6.20. The third kappa shape index (κ3) is 10.6. The van der Waals surface area contributed by atoms with E-state index >= 15 is 0 Å². The Morgan fingerprint density at radius 2 is 1.71 bits per heavy atom. The van der Waals surface area contributed by atoms with Gasteiger partial charge in [-0.05, 0) is 19.3 Å². The Morgan fingerprint density at radius 3 is 2.29 bits per heavy atom. The van der Waals surface area contributed by atoms with Crippen LogP contribution in [0.2, 0.25) is 0 Å². The fourth-order valence-corrected chi connectivity index (χ4v) is 2.13. The van der Waals surface area contributed by atoms with E-state index in [1.165, 1.54) is 0 Å². The summed E-state index contributed by atoms with van der Waals surface area (Å²) in [7, 11) is 0. The minimum absolute atomic E-state index is 0.151. The normalized spacial score (nSPS) is 22.1. The highest BCUT2D eigenvalue weighted by Gasteiger charge is 2.24. The van der Waals surface area contributed by atoms with Gasteiger partial charge >= 0.3 is 0 Å². The number of nitrogens with one attached hydrogen (secondary N) is 1. The molecule has 144 valence electrons. The highest BCUT2D eigenvalue weighted by atomic mass is 16.7. The molecule has 0 bridgehead atoms. The van der Waals surface area contributed by atoms with Crippen LogP contribution in [0.15, 0.2) is 0 Å². The maximum atomic E-state index is 10.0. The Bertz CT molecular complexity index is 303. The van der Waals surface area contributed by atoms with Gasteiger partial charge in [0.1, 0.15) is 24.7 Å². The van der Waals surface area contributed by atoms with E-state index < -0.39 is 12.3 Å². The SMILES string of the molecule is CCCC(NC(O)CC)OCC(O)COC(CCC)OCC1CO1. The van der Waals surface area contributed by atoms with Gasteiger partial charge in [-0.2, -0.15) is 0 Å². The number of hydrogen-bond acceptors (Lipinski definition) is 7. The first-order valence-corrected chi connectivity index (χ1v) is 9.17. The zero-order valence-corrected chi connectivity index (χ0v) is 15.3. The molecule has 1 fully saturated rings.